The second kappa shape index (κ2) is 8.86. The van der Waals surface area contributed by atoms with Gasteiger partial charge in [0.2, 0.25) is 5.88 Å². The molecular formula is C23H19ClN6O2. The normalized spacial score (nSPS) is 13.5. The molecule has 0 bridgehead atoms. The van der Waals surface area contributed by atoms with Gasteiger partial charge in [-0.1, -0.05) is 17.7 Å². The number of rotatable bonds is 5. The van der Waals surface area contributed by atoms with Crippen LogP contribution in [0.5, 0.6) is 11.6 Å². The fraction of sp³-hybridized carbons (Fsp3) is 0.174. The SMILES string of the molecule is O=c1[nH]c(-c2cncnc2)nc2c1CN(Cc1cccnc1Oc1ccc(Cl)cc1)CC2. The second-order valence-corrected chi connectivity index (χ2v) is 7.89. The molecule has 32 heavy (non-hydrogen) atoms. The van der Waals surface area contributed by atoms with Crippen LogP contribution in [0.4, 0.5) is 0 Å². The number of ether oxygens (including phenoxy) is 1. The van der Waals surface area contributed by atoms with Crippen molar-refractivity contribution >= 4 is 11.6 Å². The Balaban J connectivity index is 1.35. The number of nitrogens with zero attached hydrogens (tertiary/aromatic N) is 5. The van der Waals surface area contributed by atoms with Crippen molar-refractivity contribution < 1.29 is 4.74 Å². The van der Waals surface area contributed by atoms with Gasteiger partial charge in [0.05, 0.1) is 16.8 Å². The van der Waals surface area contributed by atoms with Gasteiger partial charge in [0.25, 0.3) is 5.56 Å². The Hall–Kier alpha value is -3.62. The molecule has 1 N–H and O–H groups in total. The molecule has 1 aliphatic heterocycles. The van der Waals surface area contributed by atoms with Crippen molar-refractivity contribution in [2.24, 2.45) is 0 Å². The summed E-state index contributed by atoms with van der Waals surface area (Å²) in [6, 6.07) is 11.0. The van der Waals surface area contributed by atoms with Crippen LogP contribution in [-0.2, 0) is 19.5 Å². The summed E-state index contributed by atoms with van der Waals surface area (Å²) in [7, 11) is 0. The molecule has 1 aliphatic rings. The van der Waals surface area contributed by atoms with Crippen molar-refractivity contribution in [3.63, 3.8) is 0 Å². The van der Waals surface area contributed by atoms with Crippen molar-refractivity contribution in [2.45, 2.75) is 19.5 Å². The van der Waals surface area contributed by atoms with Gasteiger partial charge in [-0.2, -0.15) is 0 Å². The molecule has 0 amide bonds. The number of halogens is 1. The van der Waals surface area contributed by atoms with E-state index in [4.69, 9.17) is 16.3 Å². The minimum Gasteiger partial charge on any atom is -0.439 e. The first kappa shape index (κ1) is 20.3. The molecule has 4 aromatic rings. The molecular weight excluding hydrogens is 428 g/mol. The molecule has 0 aliphatic carbocycles. The van der Waals surface area contributed by atoms with E-state index in [-0.39, 0.29) is 5.56 Å². The lowest BCUT2D eigenvalue weighted by Gasteiger charge is -2.28. The summed E-state index contributed by atoms with van der Waals surface area (Å²) in [4.78, 5) is 34.9. The highest BCUT2D eigenvalue weighted by Gasteiger charge is 2.23. The van der Waals surface area contributed by atoms with Gasteiger partial charge in [-0.05, 0) is 30.3 Å². The summed E-state index contributed by atoms with van der Waals surface area (Å²) in [6.45, 7) is 1.87. The van der Waals surface area contributed by atoms with Gasteiger partial charge in [0.15, 0.2) is 0 Å². The third kappa shape index (κ3) is 4.37. The first-order valence-electron chi connectivity index (χ1n) is 10.1. The Kier molecular flexibility index (Phi) is 5.62. The van der Waals surface area contributed by atoms with Gasteiger partial charge in [-0.15, -0.1) is 0 Å². The molecule has 1 aromatic carbocycles. The number of aromatic nitrogens is 5. The zero-order chi connectivity index (χ0) is 21.9. The molecule has 4 heterocycles. The fourth-order valence-electron chi connectivity index (χ4n) is 3.67. The van der Waals surface area contributed by atoms with E-state index in [1.54, 1.807) is 42.9 Å². The minimum atomic E-state index is -0.137. The van der Waals surface area contributed by atoms with Crippen LogP contribution in [-0.4, -0.2) is 36.4 Å². The van der Waals surface area contributed by atoms with Crippen molar-refractivity contribution in [3.05, 3.63) is 93.5 Å². The van der Waals surface area contributed by atoms with Crippen molar-refractivity contribution in [3.8, 4) is 23.0 Å². The molecule has 0 spiro atoms. The van der Waals surface area contributed by atoms with Gasteiger partial charge < -0.3 is 9.72 Å². The monoisotopic (exact) mass is 446 g/mol. The van der Waals surface area contributed by atoms with Crippen LogP contribution < -0.4 is 10.3 Å². The first-order chi connectivity index (χ1) is 15.7. The predicted molar refractivity (Wildman–Crippen MR) is 119 cm³/mol. The van der Waals surface area contributed by atoms with E-state index in [0.29, 0.717) is 53.1 Å². The lowest BCUT2D eigenvalue weighted by Crippen LogP contribution is -2.35. The van der Waals surface area contributed by atoms with E-state index in [9.17, 15) is 4.79 Å². The van der Waals surface area contributed by atoms with Gasteiger partial charge in [-0.25, -0.2) is 19.9 Å². The van der Waals surface area contributed by atoms with Crippen LogP contribution in [0.15, 0.2) is 66.1 Å². The molecule has 0 saturated heterocycles. The Morgan fingerprint density at radius 3 is 2.75 bits per heavy atom. The Morgan fingerprint density at radius 1 is 1.12 bits per heavy atom. The third-order valence-electron chi connectivity index (χ3n) is 5.25. The van der Waals surface area contributed by atoms with E-state index in [2.05, 4.69) is 29.8 Å². The van der Waals surface area contributed by atoms with E-state index in [1.807, 2.05) is 12.1 Å². The Labute approximate surface area is 188 Å². The van der Waals surface area contributed by atoms with Crippen molar-refractivity contribution in [1.82, 2.24) is 29.8 Å². The average molecular weight is 447 g/mol. The topological polar surface area (TPSA) is 96.9 Å². The summed E-state index contributed by atoms with van der Waals surface area (Å²) in [5, 5.41) is 0.646. The Morgan fingerprint density at radius 2 is 1.94 bits per heavy atom. The van der Waals surface area contributed by atoms with Crippen molar-refractivity contribution in [1.29, 1.82) is 0 Å². The predicted octanol–water partition coefficient (Wildman–Crippen LogP) is 3.63. The van der Waals surface area contributed by atoms with E-state index in [1.165, 1.54) is 6.33 Å². The average Bonchev–Trinajstić information content (AvgIpc) is 2.82. The lowest BCUT2D eigenvalue weighted by atomic mass is 10.1. The summed E-state index contributed by atoms with van der Waals surface area (Å²) in [5.74, 6) is 1.69. The summed E-state index contributed by atoms with van der Waals surface area (Å²) < 4.78 is 5.98. The fourth-order valence-corrected chi connectivity index (χ4v) is 3.79. The smallest absolute Gasteiger partial charge is 0.255 e. The number of aromatic amines is 1. The van der Waals surface area contributed by atoms with Gasteiger partial charge in [-0.3, -0.25) is 9.69 Å². The van der Waals surface area contributed by atoms with Crippen LogP contribution in [0.25, 0.3) is 11.4 Å². The highest BCUT2D eigenvalue weighted by Crippen LogP contribution is 2.26. The zero-order valence-corrected chi connectivity index (χ0v) is 17.8. The minimum absolute atomic E-state index is 0.137. The third-order valence-corrected chi connectivity index (χ3v) is 5.51. The zero-order valence-electron chi connectivity index (χ0n) is 17.0. The molecule has 0 radical (unpaired) electrons. The second-order valence-electron chi connectivity index (χ2n) is 7.45. The van der Waals surface area contributed by atoms with E-state index in [0.717, 1.165) is 17.8 Å². The number of benzene rings is 1. The Bertz CT molecular complexity index is 1290. The summed E-state index contributed by atoms with van der Waals surface area (Å²) in [6.07, 6.45) is 7.09. The standard InChI is InChI=1S/C23H19ClN6O2/c24-17-3-5-18(6-4-17)32-23-15(2-1-8-27-23)12-30-9-7-20-19(13-30)22(31)29-21(28-20)16-10-25-14-26-11-16/h1-6,8,10-11,14H,7,9,12-13H2,(H,28,29,31). The van der Waals surface area contributed by atoms with Crippen LogP contribution in [0.2, 0.25) is 5.02 Å². The maximum absolute atomic E-state index is 12.8. The quantitative estimate of drug-likeness (QED) is 0.500. The molecule has 3 aromatic heterocycles. The highest BCUT2D eigenvalue weighted by molar-refractivity contribution is 6.30. The molecule has 0 fully saturated rings. The van der Waals surface area contributed by atoms with Gasteiger partial charge in [0.1, 0.15) is 17.9 Å². The number of fused-ring (bicyclic) bond motifs is 1. The molecule has 0 atom stereocenters. The molecule has 0 unspecified atom stereocenters. The van der Waals surface area contributed by atoms with E-state index >= 15 is 0 Å². The highest BCUT2D eigenvalue weighted by atomic mass is 35.5. The molecule has 8 nitrogen and oxygen atoms in total. The number of hydrogen-bond acceptors (Lipinski definition) is 7. The largest absolute Gasteiger partial charge is 0.439 e. The molecule has 0 saturated carbocycles. The van der Waals surface area contributed by atoms with Crippen LogP contribution in [0.3, 0.4) is 0 Å². The first-order valence-corrected chi connectivity index (χ1v) is 10.5. The van der Waals surface area contributed by atoms with Crippen LogP contribution >= 0.6 is 11.6 Å². The molecule has 9 heteroatoms. The number of pyridine rings is 1. The maximum atomic E-state index is 12.8. The van der Waals surface area contributed by atoms with E-state index < -0.39 is 0 Å². The number of hydrogen-bond donors (Lipinski definition) is 1. The van der Waals surface area contributed by atoms with Crippen LogP contribution in [0, 0.1) is 0 Å². The van der Waals surface area contributed by atoms with Gasteiger partial charge >= 0.3 is 0 Å². The summed E-state index contributed by atoms with van der Waals surface area (Å²) >= 11 is 5.96. The molecule has 160 valence electrons. The summed E-state index contributed by atoms with van der Waals surface area (Å²) in [5.41, 5.74) is 2.98. The van der Waals surface area contributed by atoms with Crippen LogP contribution in [0.1, 0.15) is 16.8 Å². The number of H-pyrrole nitrogens is 1. The number of nitrogens with one attached hydrogen (secondary N) is 1. The van der Waals surface area contributed by atoms with Crippen molar-refractivity contribution in [2.75, 3.05) is 6.54 Å². The maximum Gasteiger partial charge on any atom is 0.255 e. The lowest BCUT2D eigenvalue weighted by molar-refractivity contribution is 0.238. The molecule has 5 rings (SSSR count). The van der Waals surface area contributed by atoms with Gasteiger partial charge in [0, 0.05) is 55.2 Å².